The van der Waals surface area contributed by atoms with Gasteiger partial charge in [0, 0.05) is 6.92 Å². The zero-order valence-electron chi connectivity index (χ0n) is 14.5. The Labute approximate surface area is 148 Å². The van der Waals surface area contributed by atoms with E-state index in [0.29, 0.717) is 0 Å². The number of amides is 2. The predicted octanol–water partition coefficient (Wildman–Crippen LogP) is 2.28. The fourth-order valence-corrected chi connectivity index (χ4v) is 2.61. The van der Waals surface area contributed by atoms with Gasteiger partial charge in [-0.15, -0.1) is 0 Å². The molecule has 0 spiro atoms. The first-order chi connectivity index (χ1) is 11.9. The Morgan fingerprint density at radius 3 is 2.16 bits per heavy atom. The topological polar surface area (TPSA) is 78.4 Å². The molecule has 0 aliphatic heterocycles. The maximum absolute atomic E-state index is 12.3. The summed E-state index contributed by atoms with van der Waals surface area (Å²) in [4.78, 5) is 23.7. The molecule has 2 unspecified atom stereocenters. The third-order valence-electron chi connectivity index (χ3n) is 3.99. The first-order valence-electron chi connectivity index (χ1n) is 8.25. The van der Waals surface area contributed by atoms with Gasteiger partial charge < -0.3 is 15.7 Å². The van der Waals surface area contributed by atoms with Crippen LogP contribution in [0.4, 0.5) is 0 Å². The van der Waals surface area contributed by atoms with Crippen molar-refractivity contribution < 1.29 is 14.7 Å². The van der Waals surface area contributed by atoms with E-state index < -0.39 is 11.6 Å². The zero-order valence-corrected chi connectivity index (χ0v) is 14.5. The highest BCUT2D eigenvalue weighted by molar-refractivity contribution is 5.79. The summed E-state index contributed by atoms with van der Waals surface area (Å²) in [5.74, 6) is -0.434. The first kappa shape index (κ1) is 18.7. The summed E-state index contributed by atoms with van der Waals surface area (Å²) in [5, 5.41) is 16.1. The highest BCUT2D eigenvalue weighted by Crippen LogP contribution is 2.20. The maximum Gasteiger partial charge on any atom is 0.222 e. The molecule has 5 nitrogen and oxygen atoms in total. The van der Waals surface area contributed by atoms with Gasteiger partial charge in [0.15, 0.2) is 0 Å². The van der Waals surface area contributed by atoms with E-state index in [1.807, 2.05) is 60.7 Å². The van der Waals surface area contributed by atoms with Crippen LogP contribution in [0.15, 0.2) is 60.7 Å². The van der Waals surface area contributed by atoms with E-state index in [9.17, 15) is 14.7 Å². The number of hydrogen-bond acceptors (Lipinski definition) is 3. The highest BCUT2D eigenvalue weighted by Gasteiger charge is 2.24. The second-order valence-electron chi connectivity index (χ2n) is 6.28. The summed E-state index contributed by atoms with van der Waals surface area (Å²) in [7, 11) is 0. The van der Waals surface area contributed by atoms with Crippen LogP contribution in [0.1, 0.15) is 37.4 Å². The normalized spacial score (nSPS) is 14.2. The number of nitrogens with one attached hydrogen (secondary N) is 2. The molecule has 0 saturated heterocycles. The van der Waals surface area contributed by atoms with E-state index in [1.165, 1.54) is 6.92 Å². The Balaban J connectivity index is 1.98. The monoisotopic (exact) mass is 340 g/mol. The van der Waals surface area contributed by atoms with Crippen molar-refractivity contribution in [2.75, 3.05) is 6.54 Å². The molecule has 2 atom stereocenters. The smallest absolute Gasteiger partial charge is 0.222 e. The van der Waals surface area contributed by atoms with Gasteiger partial charge in [0.1, 0.15) is 5.60 Å². The fourth-order valence-electron chi connectivity index (χ4n) is 2.61. The van der Waals surface area contributed by atoms with Crippen LogP contribution in [0.3, 0.4) is 0 Å². The van der Waals surface area contributed by atoms with Gasteiger partial charge in [0.05, 0.1) is 19.0 Å². The van der Waals surface area contributed by atoms with Gasteiger partial charge in [-0.05, 0) is 18.1 Å². The maximum atomic E-state index is 12.3. The second-order valence-corrected chi connectivity index (χ2v) is 6.28. The summed E-state index contributed by atoms with van der Waals surface area (Å²) in [6, 6.07) is 18.1. The molecule has 2 rings (SSSR count). The molecule has 0 radical (unpaired) electrons. The van der Waals surface area contributed by atoms with Gasteiger partial charge in [-0.3, -0.25) is 9.59 Å². The van der Waals surface area contributed by atoms with Gasteiger partial charge >= 0.3 is 0 Å². The summed E-state index contributed by atoms with van der Waals surface area (Å²) >= 11 is 0. The van der Waals surface area contributed by atoms with E-state index >= 15 is 0 Å². The Bertz CT molecular complexity index is 699. The van der Waals surface area contributed by atoms with Crippen molar-refractivity contribution in [1.82, 2.24) is 10.6 Å². The van der Waals surface area contributed by atoms with Gasteiger partial charge in [-0.2, -0.15) is 0 Å². The zero-order chi connectivity index (χ0) is 18.3. The van der Waals surface area contributed by atoms with Crippen LogP contribution >= 0.6 is 0 Å². The van der Waals surface area contributed by atoms with Crippen molar-refractivity contribution >= 4 is 11.8 Å². The van der Waals surface area contributed by atoms with Gasteiger partial charge in [-0.25, -0.2) is 0 Å². The molecule has 132 valence electrons. The van der Waals surface area contributed by atoms with E-state index in [4.69, 9.17) is 0 Å². The SMILES string of the molecule is CC(=O)NC(CC(=O)NCC(C)(O)c1ccccc1)c1ccccc1. The second kappa shape index (κ2) is 8.44. The minimum absolute atomic E-state index is 0.0947. The van der Waals surface area contributed by atoms with E-state index in [0.717, 1.165) is 11.1 Å². The number of carbonyl (C=O) groups excluding carboxylic acids is 2. The van der Waals surface area contributed by atoms with Crippen molar-refractivity contribution in [3.63, 3.8) is 0 Å². The molecular weight excluding hydrogens is 316 g/mol. The number of carbonyl (C=O) groups is 2. The van der Waals surface area contributed by atoms with E-state index in [-0.39, 0.29) is 24.8 Å². The molecule has 2 aromatic carbocycles. The van der Waals surface area contributed by atoms with Crippen molar-refractivity contribution in [2.24, 2.45) is 0 Å². The lowest BCUT2D eigenvalue weighted by molar-refractivity contribution is -0.123. The average Bonchev–Trinajstić information content (AvgIpc) is 2.61. The molecule has 0 saturated carbocycles. The molecule has 0 fully saturated rings. The minimum atomic E-state index is -1.16. The molecule has 0 aliphatic rings. The lowest BCUT2D eigenvalue weighted by Gasteiger charge is -2.25. The molecule has 5 heteroatoms. The molecule has 25 heavy (non-hydrogen) atoms. The van der Waals surface area contributed by atoms with Crippen LogP contribution in [-0.4, -0.2) is 23.5 Å². The Hall–Kier alpha value is -2.66. The highest BCUT2D eigenvalue weighted by atomic mass is 16.3. The van der Waals surface area contributed by atoms with Crippen LogP contribution in [0, 0.1) is 0 Å². The van der Waals surface area contributed by atoms with E-state index in [2.05, 4.69) is 10.6 Å². The summed E-state index contributed by atoms with van der Waals surface area (Å²) in [6.07, 6.45) is 0.106. The molecule has 2 amide bonds. The predicted molar refractivity (Wildman–Crippen MR) is 96.6 cm³/mol. The summed E-state index contributed by atoms with van der Waals surface area (Å²) < 4.78 is 0. The van der Waals surface area contributed by atoms with Crippen molar-refractivity contribution in [3.8, 4) is 0 Å². The van der Waals surface area contributed by atoms with Crippen molar-refractivity contribution in [1.29, 1.82) is 0 Å². The molecule has 3 N–H and O–H groups in total. The fraction of sp³-hybridized carbons (Fsp3) is 0.300. The lowest BCUT2D eigenvalue weighted by atomic mass is 9.96. The molecule has 0 bridgehead atoms. The Morgan fingerprint density at radius 2 is 1.60 bits per heavy atom. The standard InChI is InChI=1S/C20H24N2O3/c1-15(23)22-18(16-9-5-3-6-10-16)13-19(24)21-14-20(2,25)17-11-7-4-8-12-17/h3-12,18,25H,13-14H2,1-2H3,(H,21,24)(H,22,23). The average molecular weight is 340 g/mol. The third kappa shape index (κ3) is 5.72. The van der Waals surface area contributed by atoms with Gasteiger partial charge in [0.25, 0.3) is 0 Å². The number of benzene rings is 2. The van der Waals surface area contributed by atoms with Crippen LogP contribution in [-0.2, 0) is 15.2 Å². The number of hydrogen-bond donors (Lipinski definition) is 3. The quantitative estimate of drug-likeness (QED) is 0.723. The largest absolute Gasteiger partial charge is 0.384 e. The third-order valence-corrected chi connectivity index (χ3v) is 3.99. The number of aliphatic hydroxyl groups is 1. The molecule has 0 aromatic heterocycles. The summed E-state index contributed by atoms with van der Waals surface area (Å²) in [5.41, 5.74) is 0.437. The van der Waals surface area contributed by atoms with Crippen molar-refractivity contribution in [3.05, 3.63) is 71.8 Å². The molecule has 0 heterocycles. The van der Waals surface area contributed by atoms with E-state index in [1.54, 1.807) is 6.92 Å². The van der Waals surface area contributed by atoms with Crippen LogP contribution < -0.4 is 10.6 Å². The first-order valence-corrected chi connectivity index (χ1v) is 8.25. The Kier molecular flexibility index (Phi) is 6.31. The molecule has 2 aromatic rings. The van der Waals surface area contributed by atoms with Crippen LogP contribution in [0.25, 0.3) is 0 Å². The Morgan fingerprint density at radius 1 is 1.04 bits per heavy atom. The van der Waals surface area contributed by atoms with Crippen LogP contribution in [0.5, 0.6) is 0 Å². The lowest BCUT2D eigenvalue weighted by Crippen LogP contribution is -2.40. The van der Waals surface area contributed by atoms with Crippen molar-refractivity contribution in [2.45, 2.75) is 31.9 Å². The van der Waals surface area contributed by atoms with Gasteiger partial charge in [0.2, 0.25) is 11.8 Å². The minimum Gasteiger partial charge on any atom is -0.384 e. The molecular formula is C20H24N2O3. The number of rotatable bonds is 7. The molecule has 0 aliphatic carbocycles. The summed E-state index contributed by atoms with van der Waals surface area (Å²) in [6.45, 7) is 3.18. The van der Waals surface area contributed by atoms with Gasteiger partial charge in [-0.1, -0.05) is 60.7 Å². The van der Waals surface area contributed by atoms with Crippen LogP contribution in [0.2, 0.25) is 0 Å².